The van der Waals surface area contributed by atoms with Crippen LogP contribution in [0.4, 0.5) is 0 Å². The second-order valence-electron chi connectivity index (χ2n) is 7.50. The molecule has 0 saturated heterocycles. The van der Waals surface area contributed by atoms with Crippen molar-refractivity contribution >= 4 is 5.97 Å². The summed E-state index contributed by atoms with van der Waals surface area (Å²) >= 11 is 0. The van der Waals surface area contributed by atoms with Crippen molar-refractivity contribution in [3.05, 3.63) is 12.2 Å². The van der Waals surface area contributed by atoms with Crippen LogP contribution in [-0.2, 0) is 9.53 Å². The lowest BCUT2D eigenvalue weighted by Crippen LogP contribution is -1.99. The molecule has 0 aliphatic carbocycles. The first kappa shape index (κ1) is 24.8. The summed E-state index contributed by atoms with van der Waals surface area (Å²) in [6.45, 7) is 7.42. The number of esters is 1. The van der Waals surface area contributed by atoms with Crippen molar-refractivity contribution in [1.29, 1.82) is 0 Å². The molecule has 2 nitrogen and oxygen atoms in total. The Morgan fingerprint density at radius 1 is 0.731 bits per heavy atom. The highest BCUT2D eigenvalue weighted by Gasteiger charge is 1.99. The van der Waals surface area contributed by atoms with Crippen LogP contribution in [0.2, 0.25) is 0 Å². The molecule has 0 bridgehead atoms. The van der Waals surface area contributed by atoms with Crippen LogP contribution >= 0.6 is 0 Å². The highest BCUT2D eigenvalue weighted by Crippen LogP contribution is 2.13. The fraction of sp³-hybridized carbons (Fsp3) is 0.792. The highest BCUT2D eigenvalue weighted by atomic mass is 16.5. The molecule has 0 spiro atoms. The van der Waals surface area contributed by atoms with E-state index in [2.05, 4.69) is 25.5 Å². The molecule has 0 fully saturated rings. The number of ether oxygens (including phenoxy) is 1. The predicted molar refractivity (Wildman–Crippen MR) is 113 cm³/mol. The monoisotopic (exact) mass is 362 g/mol. The van der Waals surface area contributed by atoms with Gasteiger partial charge in [-0.25, -0.2) is 4.79 Å². The molecule has 0 aromatic heterocycles. The van der Waals surface area contributed by atoms with E-state index < -0.39 is 5.97 Å². The molecule has 0 aromatic rings. The van der Waals surface area contributed by atoms with E-state index in [1.807, 2.05) is 0 Å². The molecule has 2 heteroatoms. The number of hydrogen-bond acceptors (Lipinski definition) is 2. The molecule has 0 radical (unpaired) electrons. The molecule has 0 aliphatic rings. The molecule has 0 heterocycles. The topological polar surface area (TPSA) is 26.3 Å². The van der Waals surface area contributed by atoms with E-state index in [1.165, 1.54) is 96.3 Å². The summed E-state index contributed by atoms with van der Waals surface area (Å²) in [5.74, 6) is 2.46. The maximum absolute atomic E-state index is 11.1. The number of carbonyl (C=O) groups excluding carboxylic acids is 1. The Kier molecular flexibility index (Phi) is 19.1. The molecule has 0 atom stereocenters. The van der Waals surface area contributed by atoms with Gasteiger partial charge >= 0.3 is 5.97 Å². The zero-order valence-corrected chi connectivity index (χ0v) is 17.5. The average Bonchev–Trinajstić information content (AvgIpc) is 2.63. The van der Waals surface area contributed by atoms with Crippen molar-refractivity contribution in [2.45, 2.75) is 123 Å². The summed E-state index contributed by atoms with van der Waals surface area (Å²) in [6, 6.07) is 0. The lowest BCUT2D eigenvalue weighted by Gasteiger charge is -2.03. The van der Waals surface area contributed by atoms with Gasteiger partial charge in [-0.05, 0) is 13.3 Å². The maximum Gasteiger partial charge on any atom is 0.347 e. The van der Waals surface area contributed by atoms with Gasteiger partial charge in [0.1, 0.15) is 6.11 Å². The van der Waals surface area contributed by atoms with Crippen LogP contribution in [0.3, 0.4) is 0 Å². The smallest absolute Gasteiger partial charge is 0.347 e. The van der Waals surface area contributed by atoms with Gasteiger partial charge in [-0.15, -0.1) is 0 Å². The van der Waals surface area contributed by atoms with Crippen LogP contribution in [0.25, 0.3) is 0 Å². The van der Waals surface area contributed by atoms with Gasteiger partial charge in [0.15, 0.2) is 0 Å². The third-order valence-corrected chi connectivity index (χ3v) is 4.72. The molecule has 0 unspecified atom stereocenters. The fourth-order valence-corrected chi connectivity index (χ4v) is 2.98. The fourth-order valence-electron chi connectivity index (χ4n) is 2.98. The van der Waals surface area contributed by atoms with E-state index in [0.29, 0.717) is 5.57 Å². The average molecular weight is 363 g/mol. The second kappa shape index (κ2) is 20.1. The summed E-state index contributed by atoms with van der Waals surface area (Å²) in [5, 5.41) is 0. The number of unbranched alkanes of at least 4 members (excludes halogenated alkanes) is 16. The van der Waals surface area contributed by atoms with Crippen LogP contribution in [0.1, 0.15) is 123 Å². The van der Waals surface area contributed by atoms with Gasteiger partial charge in [-0.1, -0.05) is 116 Å². The third-order valence-electron chi connectivity index (χ3n) is 4.72. The zero-order chi connectivity index (χ0) is 19.3. The van der Waals surface area contributed by atoms with Gasteiger partial charge < -0.3 is 4.74 Å². The van der Waals surface area contributed by atoms with E-state index in [4.69, 9.17) is 4.74 Å². The first-order valence-corrected chi connectivity index (χ1v) is 11.0. The Bertz CT molecular complexity index is 400. The van der Waals surface area contributed by atoms with Crippen molar-refractivity contribution in [2.24, 2.45) is 0 Å². The normalized spacial score (nSPS) is 10.2. The summed E-state index contributed by atoms with van der Waals surface area (Å²) in [4.78, 5) is 11.1. The van der Waals surface area contributed by atoms with E-state index in [0.717, 1.165) is 12.8 Å². The first-order valence-electron chi connectivity index (χ1n) is 11.0. The minimum Gasteiger partial charge on any atom is -0.369 e. The molecular weight excluding hydrogens is 320 g/mol. The van der Waals surface area contributed by atoms with E-state index >= 15 is 0 Å². The van der Waals surface area contributed by atoms with Crippen molar-refractivity contribution in [3.63, 3.8) is 0 Å². The predicted octanol–water partition coefficient (Wildman–Crippen LogP) is 7.72. The van der Waals surface area contributed by atoms with Crippen molar-refractivity contribution in [1.82, 2.24) is 0 Å². The lowest BCUT2D eigenvalue weighted by molar-refractivity contribution is -0.132. The summed E-state index contributed by atoms with van der Waals surface area (Å²) in [7, 11) is 0. The van der Waals surface area contributed by atoms with Gasteiger partial charge in [-0.2, -0.15) is 0 Å². The molecule has 0 N–H and O–H groups in total. The minimum absolute atomic E-state index is 0.390. The Hall–Kier alpha value is -1.23. The lowest BCUT2D eigenvalue weighted by atomic mass is 10.0. The van der Waals surface area contributed by atoms with E-state index in [9.17, 15) is 4.79 Å². The van der Waals surface area contributed by atoms with Gasteiger partial charge in [0.25, 0.3) is 0 Å². The first-order chi connectivity index (χ1) is 12.7. The van der Waals surface area contributed by atoms with Crippen molar-refractivity contribution in [3.8, 4) is 12.0 Å². The molecular formula is C24H42O2. The number of rotatable bonds is 17. The Balaban J connectivity index is 3.15. The molecule has 150 valence electrons. The molecule has 0 rings (SSSR count). The summed E-state index contributed by atoms with van der Waals surface area (Å²) < 4.78 is 4.73. The van der Waals surface area contributed by atoms with Crippen LogP contribution in [0, 0.1) is 12.0 Å². The Morgan fingerprint density at radius 2 is 1.12 bits per heavy atom. The maximum atomic E-state index is 11.1. The van der Waals surface area contributed by atoms with Crippen molar-refractivity contribution in [2.75, 3.05) is 0 Å². The summed E-state index contributed by atoms with van der Waals surface area (Å²) in [5.41, 5.74) is 0.390. The molecule has 0 amide bonds. The Labute approximate surface area is 163 Å². The quantitative estimate of drug-likeness (QED) is 0.115. The van der Waals surface area contributed by atoms with Gasteiger partial charge in [-0.3, -0.25) is 0 Å². The van der Waals surface area contributed by atoms with Crippen LogP contribution in [-0.4, -0.2) is 5.97 Å². The largest absolute Gasteiger partial charge is 0.369 e. The zero-order valence-electron chi connectivity index (χ0n) is 17.5. The number of carbonyl (C=O) groups is 1. The van der Waals surface area contributed by atoms with Crippen LogP contribution in [0.15, 0.2) is 12.2 Å². The van der Waals surface area contributed by atoms with Crippen LogP contribution in [0.5, 0.6) is 0 Å². The van der Waals surface area contributed by atoms with Gasteiger partial charge in [0.05, 0.1) is 0 Å². The molecule has 0 saturated carbocycles. The van der Waals surface area contributed by atoms with Gasteiger partial charge in [0.2, 0.25) is 0 Å². The van der Waals surface area contributed by atoms with Gasteiger partial charge in [0, 0.05) is 12.0 Å². The second-order valence-corrected chi connectivity index (χ2v) is 7.50. The highest BCUT2D eigenvalue weighted by molar-refractivity contribution is 5.87. The summed E-state index contributed by atoms with van der Waals surface area (Å²) in [6.07, 6.45) is 25.2. The Morgan fingerprint density at radius 3 is 1.50 bits per heavy atom. The number of hydrogen-bond donors (Lipinski definition) is 0. The van der Waals surface area contributed by atoms with E-state index in [1.54, 1.807) is 6.92 Å². The molecule has 0 aromatic carbocycles. The molecule has 26 heavy (non-hydrogen) atoms. The van der Waals surface area contributed by atoms with Crippen molar-refractivity contribution < 1.29 is 9.53 Å². The molecule has 0 aliphatic heterocycles. The SMILES string of the molecule is C=C(C)C(=O)OC#CCCCCCCCCCCCCCCCCCC. The minimum atomic E-state index is -0.426. The third kappa shape index (κ3) is 19.1. The van der Waals surface area contributed by atoms with Crippen LogP contribution < -0.4 is 0 Å². The van der Waals surface area contributed by atoms with E-state index in [-0.39, 0.29) is 0 Å². The standard InChI is InChI=1S/C24H42O2/c1-4-5-6-7-8-9-10-11-12-13-14-15-16-17-18-19-20-21-22-26-24(25)23(2)3/h2,4-20H2,1,3H3.